The summed E-state index contributed by atoms with van der Waals surface area (Å²) in [5.41, 5.74) is 0. The number of hydrogen-bond donors (Lipinski definition) is 1. The van der Waals surface area contributed by atoms with Gasteiger partial charge in [0.1, 0.15) is 0 Å². The van der Waals surface area contributed by atoms with E-state index in [4.69, 9.17) is 9.47 Å². The molecule has 0 aliphatic carbocycles. The van der Waals surface area contributed by atoms with Gasteiger partial charge in [-0.15, -0.1) is 17.0 Å². The van der Waals surface area contributed by atoms with Gasteiger partial charge in [0.05, 0.1) is 6.61 Å². The lowest BCUT2D eigenvalue weighted by molar-refractivity contribution is 0.0815. The van der Waals surface area contributed by atoms with Crippen molar-refractivity contribution >= 4 is 17.0 Å². The van der Waals surface area contributed by atoms with Gasteiger partial charge in [0.15, 0.2) is 0 Å². The summed E-state index contributed by atoms with van der Waals surface area (Å²) in [6.45, 7) is 8.09. The summed E-state index contributed by atoms with van der Waals surface area (Å²) in [6.07, 6.45) is 34.6. The first-order chi connectivity index (χ1) is 17.8. The third kappa shape index (κ3) is 34.3. The Morgan fingerprint density at radius 3 is 1.11 bits per heavy atom. The van der Waals surface area contributed by atoms with E-state index in [9.17, 15) is 0 Å². The first kappa shape index (κ1) is 39.5. The second-order valence-corrected chi connectivity index (χ2v) is 11.2. The van der Waals surface area contributed by atoms with Crippen molar-refractivity contribution in [1.29, 1.82) is 0 Å². The van der Waals surface area contributed by atoms with Crippen LogP contribution in [0, 0.1) is 0 Å². The highest BCUT2D eigenvalue weighted by molar-refractivity contribution is 8.93. The highest BCUT2D eigenvalue weighted by atomic mass is 79.9. The first-order valence-corrected chi connectivity index (χ1v) is 16.7. The van der Waals surface area contributed by atoms with Crippen molar-refractivity contribution in [2.45, 2.75) is 180 Å². The molecule has 37 heavy (non-hydrogen) atoms. The maximum atomic E-state index is 5.94. The molecule has 4 heteroatoms. The van der Waals surface area contributed by atoms with Gasteiger partial charge in [-0.1, -0.05) is 155 Å². The van der Waals surface area contributed by atoms with Crippen molar-refractivity contribution in [2.75, 3.05) is 33.5 Å². The molecule has 0 aromatic rings. The molecule has 0 heterocycles. The van der Waals surface area contributed by atoms with Crippen LogP contribution in [0.5, 0.6) is 0 Å². The van der Waals surface area contributed by atoms with Crippen molar-refractivity contribution in [1.82, 2.24) is 5.32 Å². The molecule has 0 saturated carbocycles. The summed E-state index contributed by atoms with van der Waals surface area (Å²) in [5.74, 6) is 0. The SMILES string of the molecule is Br.CCCCCCCCCCCCCCOCCC(COCCCCCCCCCCCCCC)NC. The van der Waals surface area contributed by atoms with Gasteiger partial charge in [-0.2, -0.15) is 0 Å². The second kappa shape index (κ2) is 36.4. The Morgan fingerprint density at radius 1 is 0.432 bits per heavy atom. The Hall–Kier alpha value is 0.360. The number of hydrogen-bond acceptors (Lipinski definition) is 3. The fraction of sp³-hybridized carbons (Fsp3) is 1.00. The predicted molar refractivity (Wildman–Crippen MR) is 172 cm³/mol. The molecule has 0 aromatic heterocycles. The van der Waals surface area contributed by atoms with Crippen LogP contribution in [0.4, 0.5) is 0 Å². The summed E-state index contributed by atoms with van der Waals surface area (Å²) >= 11 is 0. The van der Waals surface area contributed by atoms with Crippen LogP contribution in [0.3, 0.4) is 0 Å². The molecule has 1 N–H and O–H groups in total. The molecule has 0 aromatic carbocycles. The van der Waals surface area contributed by atoms with E-state index in [0.29, 0.717) is 6.04 Å². The van der Waals surface area contributed by atoms with Crippen LogP contribution in [0.2, 0.25) is 0 Å². The van der Waals surface area contributed by atoms with Crippen LogP contribution in [0.1, 0.15) is 174 Å². The van der Waals surface area contributed by atoms with Gasteiger partial charge >= 0.3 is 0 Å². The molecule has 3 nitrogen and oxygen atoms in total. The first-order valence-electron chi connectivity index (χ1n) is 16.7. The average Bonchev–Trinajstić information content (AvgIpc) is 2.89. The van der Waals surface area contributed by atoms with Gasteiger partial charge in [-0.05, 0) is 26.3 Å². The molecule has 0 aliphatic rings. The molecular formula is C33H70BrNO2. The van der Waals surface area contributed by atoms with Crippen molar-refractivity contribution in [2.24, 2.45) is 0 Å². The van der Waals surface area contributed by atoms with Crippen LogP contribution in [-0.4, -0.2) is 39.5 Å². The van der Waals surface area contributed by atoms with Crippen LogP contribution in [0.25, 0.3) is 0 Å². The molecule has 0 aliphatic heterocycles. The Morgan fingerprint density at radius 2 is 0.757 bits per heavy atom. The summed E-state index contributed by atoms with van der Waals surface area (Å²) in [4.78, 5) is 0. The predicted octanol–water partition coefficient (Wildman–Crippen LogP) is 11.0. The maximum absolute atomic E-state index is 5.94. The zero-order chi connectivity index (χ0) is 26.2. The Balaban J connectivity index is 0. The summed E-state index contributed by atoms with van der Waals surface area (Å²) in [7, 11) is 2.04. The minimum Gasteiger partial charge on any atom is -0.381 e. The third-order valence-corrected chi connectivity index (χ3v) is 7.62. The normalized spacial score (nSPS) is 12.1. The van der Waals surface area contributed by atoms with Gasteiger partial charge < -0.3 is 14.8 Å². The van der Waals surface area contributed by atoms with Crippen LogP contribution < -0.4 is 5.32 Å². The van der Waals surface area contributed by atoms with Crippen LogP contribution in [-0.2, 0) is 9.47 Å². The van der Waals surface area contributed by atoms with E-state index >= 15 is 0 Å². The number of rotatable bonds is 32. The largest absolute Gasteiger partial charge is 0.381 e. The van der Waals surface area contributed by atoms with Gasteiger partial charge in [0, 0.05) is 25.9 Å². The molecule has 226 valence electrons. The molecule has 0 saturated heterocycles. The van der Waals surface area contributed by atoms with Crippen molar-refractivity contribution < 1.29 is 9.47 Å². The summed E-state index contributed by atoms with van der Waals surface area (Å²) < 4.78 is 11.8. The lowest BCUT2D eigenvalue weighted by atomic mass is 10.1. The number of unbranched alkanes of at least 4 members (excludes halogenated alkanes) is 22. The number of ether oxygens (including phenoxy) is 2. The molecule has 1 atom stereocenters. The Kier molecular flexibility index (Phi) is 38.8. The van der Waals surface area contributed by atoms with E-state index in [1.807, 2.05) is 7.05 Å². The fourth-order valence-electron chi connectivity index (χ4n) is 4.95. The standard InChI is InChI=1S/C33H69NO2.BrH/c1-4-6-8-10-12-14-16-18-20-22-24-26-29-35-31-28-33(34-3)32-36-30-27-25-23-21-19-17-15-13-11-9-7-5-2;/h33-34H,4-32H2,1-3H3;1H. The zero-order valence-electron chi connectivity index (χ0n) is 25.8. The smallest absolute Gasteiger partial charge is 0.0620 e. The highest BCUT2D eigenvalue weighted by Gasteiger charge is 2.06. The Bertz CT molecular complexity index is 383. The number of nitrogens with one attached hydrogen (secondary N) is 1. The Labute approximate surface area is 245 Å². The van der Waals surface area contributed by atoms with Crippen molar-refractivity contribution in [3.05, 3.63) is 0 Å². The van der Waals surface area contributed by atoms with Crippen molar-refractivity contribution in [3.63, 3.8) is 0 Å². The molecule has 0 rings (SSSR count). The molecule has 0 fully saturated rings. The second-order valence-electron chi connectivity index (χ2n) is 11.2. The molecule has 0 amide bonds. The molecule has 1 unspecified atom stereocenters. The van der Waals surface area contributed by atoms with E-state index < -0.39 is 0 Å². The van der Waals surface area contributed by atoms with Gasteiger partial charge in [0.25, 0.3) is 0 Å². The van der Waals surface area contributed by atoms with Gasteiger partial charge in [0.2, 0.25) is 0 Å². The van der Waals surface area contributed by atoms with Crippen LogP contribution >= 0.6 is 17.0 Å². The molecule has 0 spiro atoms. The quantitative estimate of drug-likeness (QED) is 0.0788. The van der Waals surface area contributed by atoms with Crippen LogP contribution in [0.15, 0.2) is 0 Å². The van der Waals surface area contributed by atoms with Gasteiger partial charge in [-0.25, -0.2) is 0 Å². The lowest BCUT2D eigenvalue weighted by Gasteiger charge is -2.16. The van der Waals surface area contributed by atoms with E-state index in [1.165, 1.54) is 154 Å². The lowest BCUT2D eigenvalue weighted by Crippen LogP contribution is -2.31. The van der Waals surface area contributed by atoms with E-state index in [0.717, 1.165) is 32.8 Å². The van der Waals surface area contributed by atoms with Crippen molar-refractivity contribution in [3.8, 4) is 0 Å². The molecular weight excluding hydrogens is 522 g/mol. The van der Waals surface area contributed by atoms with E-state index in [-0.39, 0.29) is 17.0 Å². The van der Waals surface area contributed by atoms with E-state index in [1.54, 1.807) is 0 Å². The summed E-state index contributed by atoms with van der Waals surface area (Å²) in [5, 5.41) is 3.39. The monoisotopic (exact) mass is 591 g/mol. The fourth-order valence-corrected chi connectivity index (χ4v) is 4.95. The van der Waals surface area contributed by atoms with Gasteiger partial charge in [-0.3, -0.25) is 0 Å². The number of likely N-dealkylation sites (N-methyl/N-ethyl adjacent to an activating group) is 1. The molecule has 0 bridgehead atoms. The highest BCUT2D eigenvalue weighted by Crippen LogP contribution is 2.13. The minimum absolute atomic E-state index is 0. The van der Waals surface area contributed by atoms with E-state index in [2.05, 4.69) is 19.2 Å². The zero-order valence-corrected chi connectivity index (χ0v) is 27.5. The summed E-state index contributed by atoms with van der Waals surface area (Å²) in [6, 6.07) is 0.421. The maximum Gasteiger partial charge on any atom is 0.0620 e. The third-order valence-electron chi connectivity index (χ3n) is 7.62. The minimum atomic E-state index is 0. The topological polar surface area (TPSA) is 30.5 Å². The number of halogens is 1. The average molecular weight is 593 g/mol. The molecule has 0 radical (unpaired) electrons.